The van der Waals surface area contributed by atoms with Gasteiger partial charge in [-0.15, -0.1) is 0 Å². The first-order valence-electron chi connectivity index (χ1n) is 9.78. The second-order valence-corrected chi connectivity index (χ2v) is 6.91. The zero-order valence-corrected chi connectivity index (χ0v) is 17.2. The summed E-state index contributed by atoms with van der Waals surface area (Å²) < 4.78 is 21.0. The maximum absolute atomic E-state index is 12.6. The van der Waals surface area contributed by atoms with Crippen molar-refractivity contribution in [3.63, 3.8) is 0 Å². The molecule has 1 amide bonds. The number of carbonyl (C=O) groups excluding carboxylic acids is 3. The van der Waals surface area contributed by atoms with Crippen molar-refractivity contribution >= 4 is 29.0 Å². The van der Waals surface area contributed by atoms with Crippen molar-refractivity contribution in [2.75, 3.05) is 24.0 Å². The molecule has 0 spiro atoms. The molecule has 32 heavy (non-hydrogen) atoms. The number of ether oxygens (including phenoxy) is 3. The molecule has 0 fully saturated rings. The molecule has 0 bridgehead atoms. The number of amides is 1. The highest BCUT2D eigenvalue weighted by atomic mass is 16.7. The molecule has 0 radical (unpaired) electrons. The van der Waals surface area contributed by atoms with Gasteiger partial charge in [-0.1, -0.05) is 12.1 Å². The van der Waals surface area contributed by atoms with Crippen LogP contribution in [-0.2, 0) is 16.1 Å². The molecule has 1 aliphatic heterocycles. The van der Waals surface area contributed by atoms with Crippen molar-refractivity contribution in [1.82, 2.24) is 0 Å². The Kier molecular flexibility index (Phi) is 6.07. The van der Waals surface area contributed by atoms with Crippen molar-refractivity contribution < 1.29 is 33.0 Å². The van der Waals surface area contributed by atoms with E-state index in [0.717, 1.165) is 0 Å². The highest BCUT2D eigenvalue weighted by Crippen LogP contribution is 2.37. The molecule has 0 unspecified atom stereocenters. The molecule has 1 aliphatic rings. The van der Waals surface area contributed by atoms with Gasteiger partial charge in [0.05, 0.1) is 24.1 Å². The summed E-state index contributed by atoms with van der Waals surface area (Å²) in [7, 11) is 0. The molecule has 164 valence electrons. The molecular weight excluding hydrogens is 416 g/mol. The Labute approximate surface area is 183 Å². The van der Waals surface area contributed by atoms with Gasteiger partial charge in [0.2, 0.25) is 6.79 Å². The van der Waals surface area contributed by atoms with Gasteiger partial charge in [-0.25, -0.2) is 4.79 Å². The van der Waals surface area contributed by atoms with E-state index in [4.69, 9.17) is 18.6 Å². The molecule has 2 N–H and O–H groups in total. The minimum absolute atomic E-state index is 0.0368. The Morgan fingerprint density at radius 3 is 2.50 bits per heavy atom. The van der Waals surface area contributed by atoms with Crippen LogP contribution >= 0.6 is 0 Å². The third-order valence-corrected chi connectivity index (χ3v) is 4.68. The Bertz CT molecular complexity index is 1160. The van der Waals surface area contributed by atoms with Crippen molar-refractivity contribution in [3.8, 4) is 11.5 Å². The predicted molar refractivity (Wildman–Crippen MR) is 114 cm³/mol. The van der Waals surface area contributed by atoms with Gasteiger partial charge in [-0.05, 0) is 37.3 Å². The van der Waals surface area contributed by atoms with E-state index in [9.17, 15) is 14.4 Å². The van der Waals surface area contributed by atoms with E-state index < -0.39 is 18.5 Å². The van der Waals surface area contributed by atoms with Crippen LogP contribution in [0.2, 0.25) is 0 Å². The van der Waals surface area contributed by atoms with Crippen molar-refractivity contribution in [1.29, 1.82) is 0 Å². The SMILES string of the molecule is CC(=O)c1cc2c(cc1NC(=O)COC(=O)c1ccccc1NCc1ccco1)OCO2. The second-order valence-electron chi connectivity index (χ2n) is 6.91. The van der Waals surface area contributed by atoms with Crippen LogP contribution in [0.25, 0.3) is 0 Å². The Morgan fingerprint density at radius 2 is 1.75 bits per heavy atom. The fraction of sp³-hybridized carbons (Fsp3) is 0.174. The summed E-state index contributed by atoms with van der Waals surface area (Å²) in [5, 5.41) is 5.70. The maximum Gasteiger partial charge on any atom is 0.340 e. The number of hydrogen-bond donors (Lipinski definition) is 2. The van der Waals surface area contributed by atoms with E-state index >= 15 is 0 Å². The average molecular weight is 436 g/mol. The van der Waals surface area contributed by atoms with Crippen molar-refractivity contribution in [2.45, 2.75) is 13.5 Å². The number of rotatable bonds is 8. The first-order valence-corrected chi connectivity index (χ1v) is 9.78. The molecular formula is C23H20N2O7. The van der Waals surface area contributed by atoms with Crippen molar-refractivity contribution in [3.05, 3.63) is 71.7 Å². The first-order chi connectivity index (χ1) is 15.5. The summed E-state index contributed by atoms with van der Waals surface area (Å²) in [5.41, 5.74) is 1.34. The number of hydrogen-bond acceptors (Lipinski definition) is 8. The topological polar surface area (TPSA) is 116 Å². The summed E-state index contributed by atoms with van der Waals surface area (Å²) in [4.78, 5) is 36.9. The van der Waals surface area contributed by atoms with Gasteiger partial charge in [0.15, 0.2) is 23.9 Å². The van der Waals surface area contributed by atoms with E-state index in [0.29, 0.717) is 29.5 Å². The van der Waals surface area contributed by atoms with Crippen LogP contribution in [0.1, 0.15) is 33.4 Å². The summed E-state index contributed by atoms with van der Waals surface area (Å²) >= 11 is 0. The van der Waals surface area contributed by atoms with Gasteiger partial charge in [0.1, 0.15) is 5.76 Å². The summed E-state index contributed by atoms with van der Waals surface area (Å²) in [6, 6.07) is 13.4. The number of Topliss-reactive ketones (excluding diaryl/α,β-unsaturated/α-hetero) is 1. The average Bonchev–Trinajstić information content (AvgIpc) is 3.47. The molecule has 9 nitrogen and oxygen atoms in total. The van der Waals surface area contributed by atoms with E-state index in [-0.39, 0.29) is 29.4 Å². The smallest absolute Gasteiger partial charge is 0.340 e. The van der Waals surface area contributed by atoms with E-state index in [1.54, 1.807) is 36.6 Å². The quantitative estimate of drug-likeness (QED) is 0.406. The lowest BCUT2D eigenvalue weighted by Gasteiger charge is -2.12. The van der Waals surface area contributed by atoms with Gasteiger partial charge in [0.25, 0.3) is 5.91 Å². The number of fused-ring (bicyclic) bond motifs is 1. The number of carbonyl (C=O) groups is 3. The molecule has 0 aliphatic carbocycles. The van der Waals surface area contributed by atoms with E-state index in [1.807, 2.05) is 6.07 Å². The number of furan rings is 1. The molecule has 9 heteroatoms. The van der Waals surface area contributed by atoms with Crippen molar-refractivity contribution in [2.24, 2.45) is 0 Å². The maximum atomic E-state index is 12.6. The minimum atomic E-state index is -0.667. The van der Waals surface area contributed by atoms with Gasteiger partial charge >= 0.3 is 5.97 Å². The first kappa shape index (κ1) is 21.0. The highest BCUT2D eigenvalue weighted by Gasteiger charge is 2.21. The molecule has 0 atom stereocenters. The molecule has 0 saturated carbocycles. The zero-order valence-electron chi connectivity index (χ0n) is 17.2. The van der Waals surface area contributed by atoms with Crippen LogP contribution in [-0.4, -0.2) is 31.1 Å². The lowest BCUT2D eigenvalue weighted by Crippen LogP contribution is -2.22. The predicted octanol–water partition coefficient (Wildman–Crippen LogP) is 3.62. The molecule has 3 aromatic rings. The lowest BCUT2D eigenvalue weighted by atomic mass is 10.1. The van der Waals surface area contributed by atoms with Crippen LogP contribution in [0.5, 0.6) is 11.5 Å². The minimum Gasteiger partial charge on any atom is -0.467 e. The standard InChI is InChI=1S/C23H20N2O7/c1-14(26)17-9-20-21(32-13-31-20)10-19(17)25-22(27)12-30-23(28)16-6-2-3-7-18(16)24-11-15-5-4-8-29-15/h2-10,24H,11-13H2,1H3,(H,25,27). The number of anilines is 2. The van der Waals surface area contributed by atoms with Gasteiger partial charge in [-0.3, -0.25) is 9.59 Å². The van der Waals surface area contributed by atoms with Gasteiger partial charge in [-0.2, -0.15) is 0 Å². The number of benzene rings is 2. The van der Waals surface area contributed by atoms with Crippen LogP contribution in [0.4, 0.5) is 11.4 Å². The summed E-state index contributed by atoms with van der Waals surface area (Å²) in [6.07, 6.45) is 1.56. The number of ketones is 1. The zero-order chi connectivity index (χ0) is 22.5. The van der Waals surface area contributed by atoms with Gasteiger partial charge < -0.3 is 29.3 Å². The molecule has 4 rings (SSSR count). The molecule has 2 aromatic carbocycles. The second kappa shape index (κ2) is 9.25. The fourth-order valence-corrected chi connectivity index (χ4v) is 3.14. The molecule has 1 aromatic heterocycles. The number of para-hydroxylation sites is 1. The normalized spacial score (nSPS) is 11.7. The third-order valence-electron chi connectivity index (χ3n) is 4.68. The lowest BCUT2D eigenvalue weighted by molar-refractivity contribution is -0.119. The number of nitrogens with one attached hydrogen (secondary N) is 2. The fourth-order valence-electron chi connectivity index (χ4n) is 3.14. The van der Waals surface area contributed by atoms with E-state index in [2.05, 4.69) is 10.6 Å². The summed E-state index contributed by atoms with van der Waals surface area (Å²) in [6.45, 7) is 1.27. The third kappa shape index (κ3) is 4.72. The molecule has 2 heterocycles. The van der Waals surface area contributed by atoms with Gasteiger partial charge in [0, 0.05) is 17.3 Å². The largest absolute Gasteiger partial charge is 0.467 e. The monoisotopic (exact) mass is 436 g/mol. The van der Waals surface area contributed by atoms with Crippen LogP contribution in [0.3, 0.4) is 0 Å². The van der Waals surface area contributed by atoms with Crippen LogP contribution < -0.4 is 20.1 Å². The highest BCUT2D eigenvalue weighted by molar-refractivity contribution is 6.05. The Balaban J connectivity index is 1.39. The van der Waals surface area contributed by atoms with Crippen LogP contribution in [0.15, 0.2) is 59.2 Å². The Morgan fingerprint density at radius 1 is 0.969 bits per heavy atom. The van der Waals surface area contributed by atoms with Crippen LogP contribution in [0, 0.1) is 0 Å². The molecule has 0 saturated heterocycles. The Hall–Kier alpha value is -4.27. The number of esters is 1. The van der Waals surface area contributed by atoms with E-state index in [1.165, 1.54) is 19.1 Å². The summed E-state index contributed by atoms with van der Waals surface area (Å²) in [5.74, 6) is 0.0303.